The van der Waals surface area contributed by atoms with Crippen LogP contribution in [-0.4, -0.2) is 86.1 Å². The van der Waals surface area contributed by atoms with Gasteiger partial charge in [0.1, 0.15) is 23.9 Å². The molecule has 1 rings (SSSR count). The molecule has 1 aromatic rings. The minimum absolute atomic E-state index is 0.0867. The molecule has 4 unspecified atom stereocenters. The number of aliphatic carboxylic acids is 3. The van der Waals surface area contributed by atoms with Crippen molar-refractivity contribution in [1.82, 2.24) is 16.0 Å². The van der Waals surface area contributed by atoms with Crippen LogP contribution < -0.4 is 27.4 Å². The third-order valence-corrected chi connectivity index (χ3v) is 5.04. The van der Waals surface area contributed by atoms with Gasteiger partial charge in [0.05, 0.1) is 18.9 Å². The van der Waals surface area contributed by atoms with Gasteiger partial charge in [0.25, 0.3) is 0 Å². The normalized spacial score (nSPS) is 13.7. The number of carbonyl (C=O) groups is 7. The maximum absolute atomic E-state index is 13.1. The maximum atomic E-state index is 13.1. The van der Waals surface area contributed by atoms with Crippen LogP contribution in [0.15, 0.2) is 24.3 Å². The van der Waals surface area contributed by atoms with Crippen molar-refractivity contribution in [1.29, 1.82) is 0 Å². The fraction of sp³-hybridized carbons (Fsp3) is 0.409. The number of phenols is 1. The first-order valence-corrected chi connectivity index (χ1v) is 11.1. The molecule has 0 saturated heterocycles. The summed E-state index contributed by atoms with van der Waals surface area (Å²) < 4.78 is 0. The number of primary amides is 1. The second-order valence-corrected chi connectivity index (χ2v) is 8.20. The van der Waals surface area contributed by atoms with Gasteiger partial charge in [-0.2, -0.15) is 0 Å². The molecule has 4 atom stereocenters. The van der Waals surface area contributed by atoms with E-state index in [1.807, 2.05) is 5.32 Å². The molecule has 1 aromatic carbocycles. The Morgan fingerprint density at radius 1 is 0.737 bits per heavy atom. The summed E-state index contributed by atoms with van der Waals surface area (Å²) in [5, 5.41) is 42.8. The summed E-state index contributed by atoms with van der Waals surface area (Å²) in [6, 6.07) is -0.913. The number of nitrogens with two attached hydrogens (primary N) is 2. The lowest BCUT2D eigenvalue weighted by atomic mass is 10.0. The number of hydrogen-bond donors (Lipinski definition) is 9. The van der Waals surface area contributed by atoms with E-state index in [1.165, 1.54) is 24.3 Å². The molecular weight excluding hydrogens is 510 g/mol. The largest absolute Gasteiger partial charge is 0.508 e. The Morgan fingerprint density at radius 3 is 1.76 bits per heavy atom. The molecule has 0 saturated carbocycles. The lowest BCUT2D eigenvalue weighted by molar-refractivity contribution is -0.143. The highest BCUT2D eigenvalue weighted by molar-refractivity contribution is 5.96. The number of phenolic OH excluding ortho intramolecular Hbond substituents is 1. The highest BCUT2D eigenvalue weighted by Gasteiger charge is 2.32. The molecule has 208 valence electrons. The molecule has 0 spiro atoms. The van der Waals surface area contributed by atoms with Crippen LogP contribution in [0.5, 0.6) is 5.75 Å². The molecule has 0 aliphatic carbocycles. The molecule has 0 heterocycles. The van der Waals surface area contributed by atoms with Crippen molar-refractivity contribution < 1.29 is 54.0 Å². The number of carbonyl (C=O) groups excluding carboxylic acids is 4. The Labute approximate surface area is 215 Å². The molecule has 0 bridgehead atoms. The maximum Gasteiger partial charge on any atom is 0.326 e. The fourth-order valence-corrected chi connectivity index (χ4v) is 3.12. The van der Waals surface area contributed by atoms with Crippen LogP contribution >= 0.6 is 0 Å². The SMILES string of the molecule is NC(=O)CC(NC(=O)C(Cc1ccc(O)cc1)NC(=O)C(N)CC(=O)O)C(=O)NC(CCC(=O)O)C(=O)O. The van der Waals surface area contributed by atoms with Crippen molar-refractivity contribution in [3.05, 3.63) is 29.8 Å². The number of amides is 4. The average molecular weight is 539 g/mol. The van der Waals surface area contributed by atoms with Crippen molar-refractivity contribution in [2.75, 3.05) is 0 Å². The van der Waals surface area contributed by atoms with Crippen LogP contribution in [0, 0.1) is 0 Å². The van der Waals surface area contributed by atoms with Gasteiger partial charge in [-0.05, 0) is 24.1 Å². The monoisotopic (exact) mass is 539 g/mol. The van der Waals surface area contributed by atoms with Crippen LogP contribution in [0.3, 0.4) is 0 Å². The molecule has 16 heteroatoms. The van der Waals surface area contributed by atoms with Crippen LogP contribution in [-0.2, 0) is 40.0 Å². The third kappa shape index (κ3) is 11.3. The molecule has 0 radical (unpaired) electrons. The van der Waals surface area contributed by atoms with Gasteiger partial charge in [0.15, 0.2) is 0 Å². The molecule has 11 N–H and O–H groups in total. The van der Waals surface area contributed by atoms with Crippen LogP contribution in [0.25, 0.3) is 0 Å². The number of nitrogens with one attached hydrogen (secondary N) is 3. The van der Waals surface area contributed by atoms with Gasteiger partial charge < -0.3 is 47.8 Å². The third-order valence-electron chi connectivity index (χ3n) is 5.04. The van der Waals surface area contributed by atoms with Gasteiger partial charge in [0.2, 0.25) is 23.6 Å². The van der Waals surface area contributed by atoms with Gasteiger partial charge in [-0.3, -0.25) is 28.8 Å². The highest BCUT2D eigenvalue weighted by Crippen LogP contribution is 2.12. The molecular formula is C22H29N5O11. The van der Waals surface area contributed by atoms with E-state index >= 15 is 0 Å². The standard InChI is InChI=1S/C22H29N5O11/c23-12(8-18(32)33)19(34)26-14(7-10-1-3-11(28)4-2-10)20(35)27-15(9-16(24)29)21(36)25-13(22(37)38)5-6-17(30)31/h1-4,12-15,28H,5-9,23H2,(H2,24,29)(H,25,36)(H,26,34)(H,27,35)(H,30,31)(H,32,33)(H,37,38). The average Bonchev–Trinajstić information content (AvgIpc) is 2.80. The van der Waals surface area contributed by atoms with E-state index in [0.717, 1.165) is 0 Å². The van der Waals surface area contributed by atoms with Gasteiger partial charge in [-0.1, -0.05) is 12.1 Å². The molecule has 0 aliphatic heterocycles. The van der Waals surface area contributed by atoms with E-state index in [1.54, 1.807) is 0 Å². The molecule has 38 heavy (non-hydrogen) atoms. The predicted molar refractivity (Wildman–Crippen MR) is 126 cm³/mol. The summed E-state index contributed by atoms with van der Waals surface area (Å²) >= 11 is 0. The van der Waals surface area contributed by atoms with Crippen molar-refractivity contribution in [3.63, 3.8) is 0 Å². The number of benzene rings is 1. The smallest absolute Gasteiger partial charge is 0.326 e. The summed E-state index contributed by atoms with van der Waals surface area (Å²) in [6.07, 6.45) is -2.84. The van der Waals surface area contributed by atoms with Crippen molar-refractivity contribution in [2.45, 2.75) is 56.3 Å². The summed E-state index contributed by atoms with van der Waals surface area (Å²) in [4.78, 5) is 82.7. The molecule has 4 amide bonds. The second-order valence-electron chi connectivity index (χ2n) is 8.20. The van der Waals surface area contributed by atoms with Crippen LogP contribution in [0.4, 0.5) is 0 Å². The second kappa shape index (κ2) is 14.7. The first-order chi connectivity index (χ1) is 17.7. The molecule has 0 aliphatic rings. The Hall–Kier alpha value is -4.73. The van der Waals surface area contributed by atoms with Gasteiger partial charge >= 0.3 is 17.9 Å². The first kappa shape index (κ1) is 31.3. The Balaban J connectivity index is 3.15. The number of rotatable bonds is 16. The summed E-state index contributed by atoms with van der Waals surface area (Å²) in [5.74, 6) is -8.60. The Morgan fingerprint density at radius 2 is 1.26 bits per heavy atom. The summed E-state index contributed by atoms with van der Waals surface area (Å²) in [7, 11) is 0. The summed E-state index contributed by atoms with van der Waals surface area (Å²) in [5.41, 5.74) is 11.1. The molecule has 16 nitrogen and oxygen atoms in total. The number of carboxylic acid groups (broad SMARTS) is 3. The zero-order valence-electron chi connectivity index (χ0n) is 20.0. The lowest BCUT2D eigenvalue weighted by Crippen LogP contribution is -2.58. The Bertz CT molecular complexity index is 1060. The molecule has 0 fully saturated rings. The predicted octanol–water partition coefficient (Wildman–Crippen LogP) is -2.98. The quantitative estimate of drug-likeness (QED) is 0.102. The zero-order valence-corrected chi connectivity index (χ0v) is 20.0. The minimum atomic E-state index is -1.71. The highest BCUT2D eigenvalue weighted by atomic mass is 16.4. The minimum Gasteiger partial charge on any atom is -0.508 e. The van der Waals surface area contributed by atoms with E-state index in [0.29, 0.717) is 5.56 Å². The topological polar surface area (TPSA) is 289 Å². The first-order valence-electron chi connectivity index (χ1n) is 11.1. The van der Waals surface area contributed by atoms with E-state index < -0.39 is 91.4 Å². The number of aromatic hydroxyl groups is 1. The van der Waals surface area contributed by atoms with Gasteiger partial charge in [-0.25, -0.2) is 4.79 Å². The van der Waals surface area contributed by atoms with Crippen LogP contribution in [0.1, 0.15) is 31.2 Å². The van der Waals surface area contributed by atoms with Crippen LogP contribution in [0.2, 0.25) is 0 Å². The van der Waals surface area contributed by atoms with E-state index in [-0.39, 0.29) is 12.2 Å². The van der Waals surface area contributed by atoms with Gasteiger partial charge in [0, 0.05) is 12.8 Å². The molecule has 0 aromatic heterocycles. The van der Waals surface area contributed by atoms with Gasteiger partial charge in [-0.15, -0.1) is 0 Å². The van der Waals surface area contributed by atoms with E-state index in [4.69, 9.17) is 21.7 Å². The van der Waals surface area contributed by atoms with Crippen molar-refractivity contribution in [3.8, 4) is 5.75 Å². The van der Waals surface area contributed by atoms with E-state index in [9.17, 15) is 43.8 Å². The lowest BCUT2D eigenvalue weighted by Gasteiger charge is -2.24. The number of hydrogen-bond acceptors (Lipinski definition) is 9. The Kier molecular flexibility index (Phi) is 12.1. The van der Waals surface area contributed by atoms with Crippen molar-refractivity contribution >= 4 is 41.5 Å². The van der Waals surface area contributed by atoms with E-state index in [2.05, 4.69) is 10.6 Å². The number of carboxylic acids is 3. The summed E-state index contributed by atoms with van der Waals surface area (Å²) in [6.45, 7) is 0. The van der Waals surface area contributed by atoms with Crippen molar-refractivity contribution in [2.24, 2.45) is 11.5 Å². The zero-order chi connectivity index (χ0) is 29.0. The fourth-order valence-electron chi connectivity index (χ4n) is 3.12.